The predicted molar refractivity (Wildman–Crippen MR) is 232 cm³/mol. The number of methoxy groups -OCH3 is 2. The summed E-state index contributed by atoms with van der Waals surface area (Å²) in [6, 6.07) is 9.80. The van der Waals surface area contributed by atoms with Crippen LogP contribution >= 0.6 is 0 Å². The number of ether oxygens (including phenoxy) is 8. The van der Waals surface area contributed by atoms with Crippen LogP contribution < -0.4 is 9.47 Å². The summed E-state index contributed by atoms with van der Waals surface area (Å²) in [5.74, 6) is -4.96. The number of halogens is 1. The Kier molecular flexibility index (Phi) is 23.2. The lowest BCUT2D eigenvalue weighted by molar-refractivity contribution is -0.163. The number of carbonyl (C=O) groups excluding carboxylic acids is 6. The molecule has 2 aromatic carbocycles. The van der Waals surface area contributed by atoms with Crippen LogP contribution in [0.3, 0.4) is 0 Å². The number of rotatable bonds is 30. The minimum atomic E-state index is -1.61. The molecule has 63 heavy (non-hydrogen) atoms. The average molecular weight is 881 g/mol. The molecular weight excluding hydrogens is 820 g/mol. The zero-order chi connectivity index (χ0) is 47.0. The fraction of sp³-hybridized carbons (Fsp3) is 0.458. The van der Waals surface area contributed by atoms with Gasteiger partial charge in [-0.05, 0) is 74.1 Å². The Labute approximate surface area is 369 Å². The highest BCUT2D eigenvalue weighted by Gasteiger charge is 2.38. The Balaban J connectivity index is 2.52. The van der Waals surface area contributed by atoms with Crippen LogP contribution in [-0.4, -0.2) is 89.7 Å². The predicted octanol–water partition coefficient (Wildman–Crippen LogP) is 8.09. The van der Waals surface area contributed by atoms with Crippen molar-refractivity contribution in [2.75, 3.05) is 53.9 Å². The monoisotopic (exact) mass is 880 g/mol. The van der Waals surface area contributed by atoms with Gasteiger partial charge in [0.25, 0.3) is 0 Å². The summed E-state index contributed by atoms with van der Waals surface area (Å²) in [7, 11) is 2.24. The molecule has 0 aliphatic rings. The molecule has 0 saturated heterocycles. The largest absolute Gasteiger partial charge is 0.492 e. The number of carbonyl (C=O) groups is 6. The summed E-state index contributed by atoms with van der Waals surface area (Å²) in [5, 5.41) is 0. The maximum absolute atomic E-state index is 15.4. The van der Waals surface area contributed by atoms with E-state index in [9.17, 15) is 28.8 Å². The first-order valence-corrected chi connectivity index (χ1v) is 20.6. The van der Waals surface area contributed by atoms with Gasteiger partial charge in [-0.1, -0.05) is 77.5 Å². The second kappa shape index (κ2) is 27.6. The number of hydrogen-bond donors (Lipinski definition) is 0. The lowest BCUT2D eigenvalue weighted by Gasteiger charge is -2.32. The van der Waals surface area contributed by atoms with E-state index >= 15 is 4.39 Å². The van der Waals surface area contributed by atoms with Crippen LogP contribution in [-0.2, 0) is 63.6 Å². The molecule has 0 radical (unpaired) electrons. The Morgan fingerprint density at radius 3 is 1.62 bits per heavy atom. The normalized spacial score (nSPS) is 10.8. The van der Waals surface area contributed by atoms with Crippen LogP contribution in [0.5, 0.6) is 11.5 Å². The third-order valence-electron chi connectivity index (χ3n) is 9.39. The number of unbranched alkanes of at least 4 members (excludes halogenated alkanes) is 5. The summed E-state index contributed by atoms with van der Waals surface area (Å²) in [6.07, 6.45) is 5.94. The molecule has 344 valence electrons. The SMILES string of the molecule is C=C(C)C(=O)OCCCc1cc(-c2ccc(OCCCCCCCC)c(F)c2)ccc1OCC(COC(=O)CC(=C)C(=O)OC)(COC(=O)CC(=C)C(=O)OC)COC(=O)C(=C)C. The summed E-state index contributed by atoms with van der Waals surface area (Å²) < 4.78 is 58.6. The smallest absolute Gasteiger partial charge is 0.333 e. The lowest BCUT2D eigenvalue weighted by Crippen LogP contribution is -2.44. The van der Waals surface area contributed by atoms with Crippen molar-refractivity contribution >= 4 is 35.8 Å². The number of esters is 6. The van der Waals surface area contributed by atoms with Crippen LogP contribution in [0.4, 0.5) is 4.39 Å². The van der Waals surface area contributed by atoms with Crippen molar-refractivity contribution in [3.8, 4) is 22.6 Å². The number of hydrogen-bond acceptors (Lipinski definition) is 14. The van der Waals surface area contributed by atoms with E-state index in [2.05, 4.69) is 42.7 Å². The number of benzene rings is 2. The Morgan fingerprint density at radius 1 is 0.571 bits per heavy atom. The van der Waals surface area contributed by atoms with Crippen LogP contribution in [0.15, 0.2) is 85.0 Å². The van der Waals surface area contributed by atoms with Gasteiger partial charge < -0.3 is 37.9 Å². The molecule has 0 bridgehead atoms. The van der Waals surface area contributed by atoms with E-state index in [1.807, 2.05) is 0 Å². The Morgan fingerprint density at radius 2 is 1.08 bits per heavy atom. The molecule has 0 fully saturated rings. The molecule has 0 N–H and O–H groups in total. The first-order chi connectivity index (χ1) is 29.9. The van der Waals surface area contributed by atoms with Crippen molar-refractivity contribution in [2.45, 2.75) is 85.0 Å². The molecule has 0 saturated carbocycles. The van der Waals surface area contributed by atoms with Crippen molar-refractivity contribution in [1.29, 1.82) is 0 Å². The van der Waals surface area contributed by atoms with E-state index in [0.717, 1.165) is 46.3 Å². The number of aryl methyl sites for hydroxylation is 1. The standard InChI is InChI=1S/C48H61FO14/c1-10-11-12-13-14-15-22-58-41-21-19-37(27-39(41)49)36-18-20-40(38(26-36)17-16-23-59-44(52)32(2)3)60-28-48(31-63-45(53)33(4)5,29-61-42(50)24-34(6)46(54)56-8)30-62-43(51)25-35(7)47(55)57-9/h18-21,26-27H,2,4,6-7,10-17,22-25,28-31H2,1,3,5,8-9H3. The van der Waals surface area contributed by atoms with Gasteiger partial charge >= 0.3 is 35.8 Å². The topological polar surface area (TPSA) is 176 Å². The molecule has 0 heterocycles. The summed E-state index contributed by atoms with van der Waals surface area (Å²) >= 11 is 0. The van der Waals surface area contributed by atoms with Crippen LogP contribution in [0.25, 0.3) is 11.1 Å². The Bertz CT molecular complexity index is 1920. The molecule has 0 unspecified atom stereocenters. The summed E-state index contributed by atoms with van der Waals surface area (Å²) in [5.41, 5.74) is 0.0320. The van der Waals surface area contributed by atoms with Gasteiger partial charge in [-0.15, -0.1) is 0 Å². The molecule has 0 amide bonds. The van der Waals surface area contributed by atoms with Crippen molar-refractivity contribution in [3.05, 3.63) is 96.4 Å². The zero-order valence-corrected chi connectivity index (χ0v) is 37.2. The molecular formula is C48H61FO14. The van der Waals surface area contributed by atoms with E-state index in [1.165, 1.54) is 26.3 Å². The van der Waals surface area contributed by atoms with Gasteiger partial charge in [0.15, 0.2) is 11.6 Å². The second-order valence-corrected chi connectivity index (χ2v) is 15.1. The first kappa shape index (κ1) is 52.9. The summed E-state index contributed by atoms with van der Waals surface area (Å²) in [6.45, 7) is 17.7. The molecule has 0 aliphatic carbocycles. The zero-order valence-electron chi connectivity index (χ0n) is 37.2. The third kappa shape index (κ3) is 19.1. The van der Waals surface area contributed by atoms with Crippen molar-refractivity contribution in [3.63, 3.8) is 0 Å². The molecule has 0 spiro atoms. The lowest BCUT2D eigenvalue weighted by atomic mass is 9.91. The van der Waals surface area contributed by atoms with Gasteiger partial charge in [0.1, 0.15) is 37.6 Å². The minimum Gasteiger partial charge on any atom is -0.492 e. The summed E-state index contributed by atoms with van der Waals surface area (Å²) in [4.78, 5) is 74.6. The molecule has 0 atom stereocenters. The van der Waals surface area contributed by atoms with Gasteiger partial charge in [0, 0.05) is 22.3 Å². The van der Waals surface area contributed by atoms with E-state index < -0.39 is 86.3 Å². The second-order valence-electron chi connectivity index (χ2n) is 15.1. The molecule has 15 heteroatoms. The van der Waals surface area contributed by atoms with Crippen molar-refractivity contribution in [2.24, 2.45) is 5.41 Å². The molecule has 0 aliphatic heterocycles. The van der Waals surface area contributed by atoms with E-state index in [1.54, 1.807) is 30.3 Å². The highest BCUT2D eigenvalue weighted by Crippen LogP contribution is 2.32. The maximum Gasteiger partial charge on any atom is 0.333 e. The van der Waals surface area contributed by atoms with Crippen LogP contribution in [0.2, 0.25) is 0 Å². The quantitative estimate of drug-likeness (QED) is 0.0318. The van der Waals surface area contributed by atoms with Gasteiger partial charge in [-0.2, -0.15) is 0 Å². The average Bonchev–Trinajstić information content (AvgIpc) is 3.26. The molecule has 0 aromatic heterocycles. The first-order valence-electron chi connectivity index (χ1n) is 20.6. The van der Waals surface area contributed by atoms with Gasteiger partial charge in [0.2, 0.25) is 0 Å². The molecule has 14 nitrogen and oxygen atoms in total. The fourth-order valence-electron chi connectivity index (χ4n) is 5.68. The maximum atomic E-state index is 15.4. The van der Waals surface area contributed by atoms with Crippen molar-refractivity contribution in [1.82, 2.24) is 0 Å². The van der Waals surface area contributed by atoms with Gasteiger partial charge in [-0.25, -0.2) is 23.6 Å². The van der Waals surface area contributed by atoms with E-state index in [4.69, 9.17) is 28.4 Å². The van der Waals surface area contributed by atoms with E-state index in [-0.39, 0.29) is 40.4 Å². The van der Waals surface area contributed by atoms with Crippen LogP contribution in [0, 0.1) is 11.2 Å². The fourth-order valence-corrected chi connectivity index (χ4v) is 5.68. The highest BCUT2D eigenvalue weighted by atomic mass is 19.1. The van der Waals surface area contributed by atoms with Gasteiger partial charge in [0.05, 0.1) is 40.3 Å². The molecule has 2 aromatic rings. The third-order valence-corrected chi connectivity index (χ3v) is 9.39. The van der Waals surface area contributed by atoms with Crippen molar-refractivity contribution < 1.29 is 71.1 Å². The van der Waals surface area contributed by atoms with Crippen LogP contribution in [0.1, 0.15) is 84.1 Å². The Hall–Kier alpha value is -6.25. The highest BCUT2D eigenvalue weighted by molar-refractivity contribution is 5.93. The molecule has 2 rings (SSSR count). The van der Waals surface area contributed by atoms with Gasteiger partial charge in [-0.3, -0.25) is 9.59 Å². The van der Waals surface area contributed by atoms with E-state index in [0.29, 0.717) is 36.1 Å². The minimum absolute atomic E-state index is 0.0368.